The number of rotatable bonds is 15. The summed E-state index contributed by atoms with van der Waals surface area (Å²) in [5, 5.41) is 18.7. The second-order valence-electron chi connectivity index (χ2n) is 13.7. The van der Waals surface area contributed by atoms with E-state index >= 15 is 0 Å². The number of hydrogen-bond donors (Lipinski definition) is 4. The molecule has 1 heterocycles. The average Bonchev–Trinajstić information content (AvgIpc) is 3.56. The third kappa shape index (κ3) is 8.30. The fraction of sp³-hybridized carbons (Fsp3) is 0.200. The number of carboxylic acids is 1. The molecule has 4 N–H and O–H groups in total. The third-order valence-electron chi connectivity index (χ3n) is 10.3. The van der Waals surface area contributed by atoms with Crippen molar-refractivity contribution in [3.63, 3.8) is 0 Å². The number of nitrogens with one attached hydrogen (secondary N) is 3. The van der Waals surface area contributed by atoms with Gasteiger partial charge in [0.1, 0.15) is 36.8 Å². The lowest BCUT2D eigenvalue weighted by Crippen LogP contribution is -2.54. The van der Waals surface area contributed by atoms with E-state index in [0.717, 1.165) is 43.8 Å². The van der Waals surface area contributed by atoms with Crippen LogP contribution in [-0.4, -0.2) is 85.3 Å². The molecular formula is C45H43N5O7. The molecular weight excluding hydrogens is 723 g/mol. The molecule has 0 aromatic heterocycles. The predicted octanol–water partition coefficient (Wildman–Crippen LogP) is 5.90. The van der Waals surface area contributed by atoms with Gasteiger partial charge in [-0.15, -0.1) is 0 Å². The summed E-state index contributed by atoms with van der Waals surface area (Å²) < 4.78 is 11.0. The van der Waals surface area contributed by atoms with E-state index in [9.17, 15) is 24.3 Å². The molecule has 4 amide bonds. The first-order valence-electron chi connectivity index (χ1n) is 18.6. The van der Waals surface area contributed by atoms with Gasteiger partial charge in [-0.25, -0.2) is 9.59 Å². The number of alkyl carbamates (subject to hydrolysis) is 1. The predicted molar refractivity (Wildman–Crippen MR) is 214 cm³/mol. The Labute approximate surface area is 330 Å². The molecule has 57 heavy (non-hydrogen) atoms. The summed E-state index contributed by atoms with van der Waals surface area (Å²) in [4.78, 5) is 53.9. The first kappa shape index (κ1) is 38.2. The number of hydrogen-bond acceptors (Lipinski definition) is 7. The van der Waals surface area contributed by atoms with Crippen LogP contribution in [-0.2, 0) is 19.9 Å². The van der Waals surface area contributed by atoms with Crippen molar-refractivity contribution < 1.29 is 33.8 Å². The molecule has 0 atom stereocenters. The molecule has 12 nitrogen and oxygen atoms in total. The lowest BCUT2D eigenvalue weighted by molar-refractivity contribution is -0.144. The molecule has 7 rings (SSSR count). The second-order valence-corrected chi connectivity index (χ2v) is 13.7. The van der Waals surface area contributed by atoms with Gasteiger partial charge in [-0.3, -0.25) is 14.9 Å². The Kier molecular flexibility index (Phi) is 11.5. The fourth-order valence-corrected chi connectivity index (χ4v) is 7.54. The number of amides is 4. The molecule has 12 heteroatoms. The molecule has 290 valence electrons. The van der Waals surface area contributed by atoms with Gasteiger partial charge in [-0.2, -0.15) is 0 Å². The Balaban J connectivity index is 0.998. The number of aliphatic carboxylic acids is 1. The van der Waals surface area contributed by atoms with Gasteiger partial charge in [0.15, 0.2) is 0 Å². The highest BCUT2D eigenvalue weighted by molar-refractivity contribution is 5.87. The maximum atomic E-state index is 13.6. The minimum absolute atomic E-state index is 0.0533. The number of benzene rings is 5. The van der Waals surface area contributed by atoms with Crippen molar-refractivity contribution in [1.29, 1.82) is 0 Å². The summed E-state index contributed by atoms with van der Waals surface area (Å²) >= 11 is 0. The fourth-order valence-electron chi connectivity index (χ4n) is 7.54. The molecule has 5 aromatic carbocycles. The number of ether oxygens (including phenoxy) is 2. The highest BCUT2D eigenvalue weighted by Crippen LogP contribution is 2.44. The smallest absolute Gasteiger partial charge is 0.407 e. The number of fused-ring (bicyclic) bond motifs is 3. The van der Waals surface area contributed by atoms with Gasteiger partial charge >= 0.3 is 18.1 Å². The van der Waals surface area contributed by atoms with E-state index in [1.807, 2.05) is 133 Å². The largest absolute Gasteiger partial charge is 0.497 e. The zero-order valence-electron chi connectivity index (χ0n) is 31.4. The summed E-state index contributed by atoms with van der Waals surface area (Å²) in [5.41, 5.74) is 6.17. The molecule has 0 saturated heterocycles. The quantitative estimate of drug-likeness (QED) is 0.0965. The number of carboxylic acid groups (broad SMARTS) is 1. The number of carbonyl (C=O) groups excluding carboxylic acids is 3. The number of nitrogens with zero attached hydrogens (tertiary/aromatic N) is 2. The first-order chi connectivity index (χ1) is 27.8. The summed E-state index contributed by atoms with van der Waals surface area (Å²) in [7, 11) is 1.61. The van der Waals surface area contributed by atoms with Crippen LogP contribution in [0.3, 0.4) is 0 Å². The highest BCUT2D eigenvalue weighted by atomic mass is 16.5. The van der Waals surface area contributed by atoms with E-state index in [1.54, 1.807) is 13.2 Å². The Morgan fingerprint density at radius 3 is 1.93 bits per heavy atom. The number of urea groups is 1. The van der Waals surface area contributed by atoms with Crippen LogP contribution in [0.5, 0.6) is 5.75 Å². The van der Waals surface area contributed by atoms with Gasteiger partial charge in [-0.1, -0.05) is 121 Å². The summed E-state index contributed by atoms with van der Waals surface area (Å²) in [5.74, 6) is -0.807. The van der Waals surface area contributed by atoms with Crippen LogP contribution in [0.25, 0.3) is 11.1 Å². The summed E-state index contributed by atoms with van der Waals surface area (Å²) in [6.07, 6.45) is 1.09. The van der Waals surface area contributed by atoms with Gasteiger partial charge in [0, 0.05) is 25.6 Å². The van der Waals surface area contributed by atoms with Crippen molar-refractivity contribution >= 4 is 24.0 Å². The van der Waals surface area contributed by atoms with Crippen molar-refractivity contribution in [3.8, 4) is 16.9 Å². The molecule has 1 aliphatic carbocycles. The van der Waals surface area contributed by atoms with Gasteiger partial charge < -0.3 is 35.0 Å². The molecule has 0 spiro atoms. The zero-order valence-corrected chi connectivity index (χ0v) is 31.4. The lowest BCUT2D eigenvalue weighted by Gasteiger charge is -2.40. The molecule has 0 unspecified atom stereocenters. The van der Waals surface area contributed by atoms with Gasteiger partial charge in [0.2, 0.25) is 5.91 Å². The van der Waals surface area contributed by atoms with E-state index in [2.05, 4.69) is 16.0 Å². The van der Waals surface area contributed by atoms with Gasteiger partial charge in [0.05, 0.1) is 7.11 Å². The second kappa shape index (κ2) is 17.2. The van der Waals surface area contributed by atoms with E-state index in [4.69, 9.17) is 9.47 Å². The molecule has 5 aromatic rings. The highest BCUT2D eigenvalue weighted by Gasteiger charge is 2.38. The minimum Gasteiger partial charge on any atom is -0.497 e. The Morgan fingerprint density at radius 1 is 0.807 bits per heavy atom. The maximum Gasteiger partial charge on any atom is 0.407 e. The molecule has 2 aliphatic rings. The number of methoxy groups -OCH3 is 1. The molecule has 0 fully saturated rings. The van der Waals surface area contributed by atoms with Crippen LogP contribution in [0.1, 0.15) is 33.7 Å². The summed E-state index contributed by atoms with van der Waals surface area (Å²) in [6.45, 7) is -0.962. The standard InChI is InChI=1S/C45H43N5O7/c1-56-34-22-20-33(21-23-34)45(31-12-4-2-5-13-31,32-14-6-3-7-15-32)48-40-24-26-50(43(54)47-40)28-41(51)49(29-42(52)53)27-25-46-44(55)57-30-39-37-18-10-8-16-35(37)36-17-9-11-19-38(36)39/h2-24,39,48H,25-30H2,1H3,(H,46,55)(H,47,54)(H,52,53). The van der Waals surface area contributed by atoms with Crippen molar-refractivity contribution in [1.82, 2.24) is 25.8 Å². The Bertz CT molecular complexity index is 2180. The SMILES string of the molecule is COc1ccc(C(NC2=CCN(CC(=O)N(CCNC(=O)OCC3c4ccccc4-c4ccccc43)CC(=O)O)C(=O)N2)(c2ccccc2)c2ccccc2)cc1. The first-order valence-corrected chi connectivity index (χ1v) is 18.6. The van der Waals surface area contributed by atoms with Crippen molar-refractivity contribution in [2.75, 3.05) is 46.4 Å². The monoisotopic (exact) mass is 765 g/mol. The van der Waals surface area contributed by atoms with Crippen molar-refractivity contribution in [2.24, 2.45) is 0 Å². The summed E-state index contributed by atoms with van der Waals surface area (Å²) in [6, 6.07) is 42.9. The minimum atomic E-state index is -1.23. The van der Waals surface area contributed by atoms with Crippen LogP contribution < -0.4 is 20.7 Å². The third-order valence-corrected chi connectivity index (χ3v) is 10.3. The topological polar surface area (TPSA) is 150 Å². The molecule has 0 saturated carbocycles. The van der Waals surface area contributed by atoms with Crippen molar-refractivity contribution in [3.05, 3.63) is 173 Å². The zero-order chi connectivity index (χ0) is 39.8. The van der Waals surface area contributed by atoms with Gasteiger partial charge in [0.25, 0.3) is 0 Å². The van der Waals surface area contributed by atoms with Crippen molar-refractivity contribution in [2.45, 2.75) is 11.5 Å². The molecule has 0 radical (unpaired) electrons. The molecule has 0 bridgehead atoms. The molecule has 1 aliphatic heterocycles. The van der Waals surface area contributed by atoms with Crippen LogP contribution in [0, 0.1) is 0 Å². The lowest BCUT2D eigenvalue weighted by atomic mass is 9.77. The van der Waals surface area contributed by atoms with E-state index in [0.29, 0.717) is 11.6 Å². The Morgan fingerprint density at radius 2 is 1.37 bits per heavy atom. The van der Waals surface area contributed by atoms with E-state index < -0.39 is 36.1 Å². The van der Waals surface area contributed by atoms with Gasteiger partial charge in [-0.05, 0) is 57.2 Å². The van der Waals surface area contributed by atoms with Crippen LogP contribution in [0.15, 0.2) is 145 Å². The average molecular weight is 766 g/mol. The maximum absolute atomic E-state index is 13.6. The van der Waals surface area contributed by atoms with Crippen LogP contribution in [0.4, 0.5) is 9.59 Å². The Hall–Kier alpha value is -7.08. The normalized spacial score (nSPS) is 13.4. The van der Waals surface area contributed by atoms with E-state index in [1.165, 1.54) is 4.90 Å². The van der Waals surface area contributed by atoms with Crippen LogP contribution in [0.2, 0.25) is 0 Å². The number of carbonyl (C=O) groups is 4. The van der Waals surface area contributed by atoms with Crippen LogP contribution >= 0.6 is 0 Å². The van der Waals surface area contributed by atoms with E-state index in [-0.39, 0.29) is 38.7 Å².